The maximum Gasteiger partial charge on any atom is 0.165 e. The van der Waals surface area contributed by atoms with Crippen LogP contribution >= 0.6 is 0 Å². The molecule has 0 aromatic heterocycles. The number of Topliss-reactive ketones (excluding diaryl/α,β-unsaturated/α-hetero) is 1. The molecule has 0 heterocycles. The van der Waals surface area contributed by atoms with Gasteiger partial charge in [0.05, 0.1) is 31.6 Å². The summed E-state index contributed by atoms with van der Waals surface area (Å²) in [6.07, 6.45) is 0. The van der Waals surface area contributed by atoms with Crippen molar-refractivity contribution in [2.24, 2.45) is 0 Å². The van der Waals surface area contributed by atoms with Gasteiger partial charge in [0.15, 0.2) is 5.78 Å². The van der Waals surface area contributed by atoms with Crippen molar-refractivity contribution in [3.05, 3.63) is 23.8 Å². The molecule has 5 heteroatoms. The predicted molar refractivity (Wildman–Crippen MR) is 83.6 cm³/mol. The van der Waals surface area contributed by atoms with Crippen molar-refractivity contribution in [2.45, 2.75) is 19.9 Å². The molecule has 0 aliphatic rings. The molecule has 1 rings (SSSR count). The normalized spacial score (nSPS) is 12.0. The second-order valence-electron chi connectivity index (χ2n) is 4.90. The molecular formula is C16H25NO4. The Bertz CT molecular complexity index is 462. The van der Waals surface area contributed by atoms with E-state index < -0.39 is 0 Å². The highest BCUT2D eigenvalue weighted by Gasteiger charge is 2.22. The van der Waals surface area contributed by atoms with E-state index in [9.17, 15) is 4.79 Å². The van der Waals surface area contributed by atoms with E-state index in [-0.39, 0.29) is 11.8 Å². The third-order valence-electron chi connectivity index (χ3n) is 3.36. The van der Waals surface area contributed by atoms with E-state index in [1.165, 1.54) is 0 Å². The van der Waals surface area contributed by atoms with Crippen LogP contribution in [0.15, 0.2) is 18.2 Å². The first kappa shape index (κ1) is 17.5. The average Bonchev–Trinajstić information content (AvgIpc) is 2.47. The lowest BCUT2D eigenvalue weighted by Crippen LogP contribution is -2.39. The minimum Gasteiger partial charge on any atom is -0.496 e. The van der Waals surface area contributed by atoms with Crippen molar-refractivity contribution < 1.29 is 19.0 Å². The number of ketones is 1. The second kappa shape index (κ2) is 8.64. The van der Waals surface area contributed by atoms with Crippen molar-refractivity contribution in [3.63, 3.8) is 0 Å². The van der Waals surface area contributed by atoms with Crippen LogP contribution in [0.3, 0.4) is 0 Å². The molecule has 1 aromatic carbocycles. The summed E-state index contributed by atoms with van der Waals surface area (Å²) in [6.45, 7) is 5.43. The van der Waals surface area contributed by atoms with Crippen LogP contribution in [0.25, 0.3) is 0 Å². The maximum atomic E-state index is 12.0. The van der Waals surface area contributed by atoms with Crippen LogP contribution in [0.4, 0.5) is 5.69 Å². The van der Waals surface area contributed by atoms with E-state index in [0.717, 1.165) is 5.69 Å². The lowest BCUT2D eigenvalue weighted by molar-refractivity contribution is 0.101. The van der Waals surface area contributed by atoms with E-state index in [0.29, 0.717) is 31.1 Å². The average molecular weight is 295 g/mol. The zero-order valence-electron chi connectivity index (χ0n) is 13.5. The van der Waals surface area contributed by atoms with Crippen LogP contribution in [0.5, 0.6) is 5.75 Å². The van der Waals surface area contributed by atoms with Crippen LogP contribution in [0.1, 0.15) is 24.2 Å². The highest BCUT2D eigenvalue weighted by atomic mass is 16.5. The summed E-state index contributed by atoms with van der Waals surface area (Å²) in [6, 6.07) is 5.74. The van der Waals surface area contributed by atoms with Crippen molar-refractivity contribution in [1.82, 2.24) is 0 Å². The number of hydrogen-bond acceptors (Lipinski definition) is 5. The van der Waals surface area contributed by atoms with Crippen LogP contribution in [-0.4, -0.2) is 52.9 Å². The zero-order chi connectivity index (χ0) is 15.8. The lowest BCUT2D eigenvalue weighted by Gasteiger charge is -2.32. The standard InChI is InChI=1S/C16H25NO4/c1-12(11-20-4)17(9-10-19-3)14-7-6-8-15(21-5)16(14)13(2)18/h6-8,12H,9-11H2,1-5H3. The smallest absolute Gasteiger partial charge is 0.165 e. The Morgan fingerprint density at radius 1 is 1.24 bits per heavy atom. The Morgan fingerprint density at radius 3 is 2.48 bits per heavy atom. The van der Waals surface area contributed by atoms with Gasteiger partial charge in [0.2, 0.25) is 0 Å². The maximum absolute atomic E-state index is 12.0. The molecule has 0 N–H and O–H groups in total. The molecule has 0 aliphatic heterocycles. The first-order valence-electron chi connectivity index (χ1n) is 6.99. The summed E-state index contributed by atoms with van der Waals surface area (Å²) in [5.41, 5.74) is 1.45. The quantitative estimate of drug-likeness (QED) is 0.655. The van der Waals surface area contributed by atoms with E-state index in [2.05, 4.69) is 11.8 Å². The third kappa shape index (κ3) is 4.44. The number of anilines is 1. The molecule has 1 atom stereocenters. The summed E-state index contributed by atoms with van der Waals surface area (Å²) < 4.78 is 15.8. The minimum atomic E-state index is -0.0190. The fraction of sp³-hybridized carbons (Fsp3) is 0.562. The molecular weight excluding hydrogens is 270 g/mol. The molecule has 1 aromatic rings. The van der Waals surface area contributed by atoms with Gasteiger partial charge in [-0.3, -0.25) is 4.79 Å². The van der Waals surface area contributed by atoms with Crippen molar-refractivity contribution >= 4 is 11.5 Å². The molecule has 0 spiro atoms. The van der Waals surface area contributed by atoms with Crippen LogP contribution in [0.2, 0.25) is 0 Å². The first-order chi connectivity index (χ1) is 10.1. The van der Waals surface area contributed by atoms with Crippen LogP contribution < -0.4 is 9.64 Å². The lowest BCUT2D eigenvalue weighted by atomic mass is 10.1. The Hall–Kier alpha value is -1.59. The Balaban J connectivity index is 3.25. The number of carbonyl (C=O) groups excluding carboxylic acids is 1. The molecule has 0 saturated heterocycles. The summed E-state index contributed by atoms with van der Waals surface area (Å²) in [4.78, 5) is 14.2. The van der Waals surface area contributed by atoms with Crippen LogP contribution in [0, 0.1) is 0 Å². The predicted octanol–water partition coefficient (Wildman–Crippen LogP) is 2.39. The van der Waals surface area contributed by atoms with Gasteiger partial charge in [0.25, 0.3) is 0 Å². The zero-order valence-corrected chi connectivity index (χ0v) is 13.5. The van der Waals surface area contributed by atoms with Gasteiger partial charge in [0, 0.05) is 26.8 Å². The summed E-state index contributed by atoms with van der Waals surface area (Å²) in [5, 5.41) is 0. The fourth-order valence-corrected chi connectivity index (χ4v) is 2.38. The monoisotopic (exact) mass is 295 g/mol. The van der Waals surface area contributed by atoms with Gasteiger partial charge in [-0.15, -0.1) is 0 Å². The molecule has 0 radical (unpaired) electrons. The van der Waals surface area contributed by atoms with Crippen molar-refractivity contribution in [3.8, 4) is 5.75 Å². The molecule has 118 valence electrons. The van der Waals surface area contributed by atoms with Gasteiger partial charge < -0.3 is 19.1 Å². The third-order valence-corrected chi connectivity index (χ3v) is 3.36. The van der Waals surface area contributed by atoms with Gasteiger partial charge >= 0.3 is 0 Å². The molecule has 0 aliphatic carbocycles. The minimum absolute atomic E-state index is 0.0190. The molecule has 0 bridgehead atoms. The number of methoxy groups -OCH3 is 3. The topological polar surface area (TPSA) is 48.0 Å². The largest absolute Gasteiger partial charge is 0.496 e. The number of rotatable bonds is 9. The van der Waals surface area contributed by atoms with Crippen LogP contribution in [-0.2, 0) is 9.47 Å². The molecule has 0 fully saturated rings. The van der Waals surface area contributed by atoms with E-state index in [1.807, 2.05) is 12.1 Å². The Morgan fingerprint density at radius 2 is 1.95 bits per heavy atom. The fourth-order valence-electron chi connectivity index (χ4n) is 2.38. The highest BCUT2D eigenvalue weighted by Crippen LogP contribution is 2.31. The van der Waals surface area contributed by atoms with Gasteiger partial charge in [-0.2, -0.15) is 0 Å². The molecule has 5 nitrogen and oxygen atoms in total. The SMILES string of the molecule is COCCN(c1cccc(OC)c1C(C)=O)C(C)COC. The first-order valence-corrected chi connectivity index (χ1v) is 6.99. The van der Waals surface area contributed by atoms with Crippen molar-refractivity contribution in [2.75, 3.05) is 46.0 Å². The van der Waals surface area contributed by atoms with Gasteiger partial charge in [-0.1, -0.05) is 6.07 Å². The van der Waals surface area contributed by atoms with Crippen molar-refractivity contribution in [1.29, 1.82) is 0 Å². The number of benzene rings is 1. The summed E-state index contributed by atoms with van der Waals surface area (Å²) in [5.74, 6) is 0.571. The van der Waals surface area contributed by atoms with E-state index >= 15 is 0 Å². The Labute approximate surface area is 126 Å². The number of nitrogens with zero attached hydrogens (tertiary/aromatic N) is 1. The highest BCUT2D eigenvalue weighted by molar-refractivity contribution is 6.02. The second-order valence-corrected chi connectivity index (χ2v) is 4.90. The van der Waals surface area contributed by atoms with Gasteiger partial charge in [0.1, 0.15) is 5.75 Å². The van der Waals surface area contributed by atoms with E-state index in [1.54, 1.807) is 34.3 Å². The number of carbonyl (C=O) groups is 1. The molecule has 0 saturated carbocycles. The summed E-state index contributed by atoms with van der Waals surface area (Å²) in [7, 11) is 4.91. The molecule has 21 heavy (non-hydrogen) atoms. The summed E-state index contributed by atoms with van der Waals surface area (Å²) >= 11 is 0. The molecule has 1 unspecified atom stereocenters. The van der Waals surface area contributed by atoms with Gasteiger partial charge in [-0.25, -0.2) is 0 Å². The number of ether oxygens (including phenoxy) is 3. The van der Waals surface area contributed by atoms with E-state index in [4.69, 9.17) is 14.2 Å². The number of hydrogen-bond donors (Lipinski definition) is 0. The van der Waals surface area contributed by atoms with Gasteiger partial charge in [-0.05, 0) is 26.0 Å². The molecule has 0 amide bonds. The Kier molecular flexibility index (Phi) is 7.19.